The van der Waals surface area contributed by atoms with E-state index >= 15 is 0 Å². The number of allylic oxidation sites excluding steroid dienone is 1. The number of alkyl halides is 3. The zero-order valence-electron chi connectivity index (χ0n) is 27.7. The predicted molar refractivity (Wildman–Crippen MR) is 188 cm³/mol. The molecule has 0 amide bonds. The number of rotatable bonds is 7. The second-order valence-electron chi connectivity index (χ2n) is 13.6. The Bertz CT molecular complexity index is 2300. The first-order valence-corrected chi connectivity index (χ1v) is 16.9. The van der Waals surface area contributed by atoms with Crippen molar-refractivity contribution < 1.29 is 23.4 Å². The molecule has 0 spiro atoms. The normalized spacial score (nSPS) is 23.8. The Balaban J connectivity index is 1.24. The van der Waals surface area contributed by atoms with Gasteiger partial charge in [0.1, 0.15) is 5.69 Å². The van der Waals surface area contributed by atoms with E-state index in [2.05, 4.69) is 53.6 Å². The molecule has 2 aliphatic rings. The van der Waals surface area contributed by atoms with Gasteiger partial charge >= 0.3 is 6.18 Å². The van der Waals surface area contributed by atoms with Gasteiger partial charge in [-0.05, 0) is 70.3 Å². The number of likely N-dealkylation sites (N-methyl/N-ethyl adjacent to an activating group) is 1. The smallest absolute Gasteiger partial charge is 0.433 e. The SMILES string of the molecule is CN1C(=CC2C([O-])C(c3c(C(F)(F)F)[nH]n(-c4ccccc4)c3=O)C2[O-])C(Cc2ccccc2)(Cc2ccc3ccccc3c2)c2ccccc21. The van der Waals surface area contributed by atoms with Crippen molar-refractivity contribution in [3.8, 4) is 5.69 Å². The zero-order chi connectivity index (χ0) is 35.5. The van der Waals surface area contributed by atoms with Gasteiger partial charge in [0.2, 0.25) is 0 Å². The van der Waals surface area contributed by atoms with Crippen LogP contribution in [-0.4, -0.2) is 29.0 Å². The molecule has 5 aromatic carbocycles. The third kappa shape index (κ3) is 5.48. The number of para-hydroxylation sites is 2. The summed E-state index contributed by atoms with van der Waals surface area (Å²) < 4.78 is 43.9. The average Bonchev–Trinajstić information content (AvgIpc) is 3.59. The van der Waals surface area contributed by atoms with Crippen molar-refractivity contribution in [1.82, 2.24) is 9.78 Å². The van der Waals surface area contributed by atoms with Gasteiger partial charge in [0.25, 0.3) is 5.56 Å². The Labute approximate surface area is 292 Å². The molecule has 1 fully saturated rings. The van der Waals surface area contributed by atoms with E-state index in [1.165, 1.54) is 12.1 Å². The zero-order valence-corrected chi connectivity index (χ0v) is 27.7. The van der Waals surface area contributed by atoms with Gasteiger partial charge in [0, 0.05) is 23.8 Å². The van der Waals surface area contributed by atoms with Crippen LogP contribution in [0.3, 0.4) is 0 Å². The molecule has 6 aromatic rings. The second kappa shape index (κ2) is 12.4. The summed E-state index contributed by atoms with van der Waals surface area (Å²) in [6.45, 7) is 0. The van der Waals surface area contributed by atoms with Crippen LogP contribution < -0.4 is 20.7 Å². The summed E-state index contributed by atoms with van der Waals surface area (Å²) in [5, 5.41) is 32.5. The highest BCUT2D eigenvalue weighted by Gasteiger charge is 2.50. The van der Waals surface area contributed by atoms with Crippen LogP contribution in [0.4, 0.5) is 18.9 Å². The minimum Gasteiger partial charge on any atom is -0.851 e. The Morgan fingerprint density at radius 3 is 2.08 bits per heavy atom. The van der Waals surface area contributed by atoms with Crippen LogP contribution in [0.2, 0.25) is 0 Å². The highest BCUT2D eigenvalue weighted by Crippen LogP contribution is 2.53. The molecule has 3 unspecified atom stereocenters. The third-order valence-corrected chi connectivity index (χ3v) is 10.7. The quantitative estimate of drug-likeness (QED) is 0.215. The molecule has 0 bridgehead atoms. The molecule has 6 nitrogen and oxygen atoms in total. The fourth-order valence-corrected chi connectivity index (χ4v) is 8.25. The van der Waals surface area contributed by atoms with Gasteiger partial charge in [-0.3, -0.25) is 9.89 Å². The number of H-pyrrole nitrogens is 1. The van der Waals surface area contributed by atoms with Crippen LogP contribution >= 0.6 is 0 Å². The molecule has 1 aliphatic carbocycles. The maximum absolute atomic E-state index is 14.4. The number of anilines is 1. The summed E-state index contributed by atoms with van der Waals surface area (Å²) in [5.41, 5.74) is 1.10. The van der Waals surface area contributed by atoms with E-state index in [-0.39, 0.29) is 5.69 Å². The van der Waals surface area contributed by atoms with Crippen LogP contribution in [-0.2, 0) is 24.4 Å². The van der Waals surface area contributed by atoms with Crippen molar-refractivity contribution in [2.45, 2.75) is 42.6 Å². The van der Waals surface area contributed by atoms with Crippen molar-refractivity contribution in [1.29, 1.82) is 0 Å². The molecule has 2 heterocycles. The molecule has 1 aromatic heterocycles. The monoisotopic (exact) mass is 685 g/mol. The number of nitrogens with zero attached hydrogens (tertiary/aromatic N) is 2. The van der Waals surface area contributed by atoms with Gasteiger partial charge in [-0.15, -0.1) is 12.2 Å². The van der Waals surface area contributed by atoms with Crippen LogP contribution in [0.5, 0.6) is 0 Å². The molecular weight excluding hydrogens is 651 g/mol. The lowest BCUT2D eigenvalue weighted by Crippen LogP contribution is -2.66. The molecule has 9 heteroatoms. The highest BCUT2D eigenvalue weighted by atomic mass is 19.4. The molecule has 258 valence electrons. The van der Waals surface area contributed by atoms with Crippen LogP contribution in [0.1, 0.15) is 33.9 Å². The van der Waals surface area contributed by atoms with E-state index < -0.39 is 52.5 Å². The number of nitrogens with one attached hydrogen (secondary N) is 1. The van der Waals surface area contributed by atoms with Gasteiger partial charge in [0.05, 0.1) is 11.3 Å². The van der Waals surface area contributed by atoms with Crippen molar-refractivity contribution >= 4 is 16.5 Å². The lowest BCUT2D eigenvalue weighted by atomic mass is 9.63. The van der Waals surface area contributed by atoms with Gasteiger partial charge < -0.3 is 15.1 Å². The number of aromatic amines is 1. The number of benzene rings is 5. The molecule has 51 heavy (non-hydrogen) atoms. The summed E-state index contributed by atoms with van der Waals surface area (Å²) in [6.07, 6.45) is -5.71. The van der Waals surface area contributed by atoms with Gasteiger partial charge in [-0.25, -0.2) is 4.68 Å². The molecule has 1 N–H and O–H groups in total. The summed E-state index contributed by atoms with van der Waals surface area (Å²) >= 11 is 0. The Morgan fingerprint density at radius 1 is 0.765 bits per heavy atom. The highest BCUT2D eigenvalue weighted by molar-refractivity contribution is 5.83. The fourth-order valence-electron chi connectivity index (χ4n) is 8.25. The largest absolute Gasteiger partial charge is 0.851 e. The first-order chi connectivity index (χ1) is 24.6. The molecule has 0 radical (unpaired) electrons. The van der Waals surface area contributed by atoms with E-state index in [0.29, 0.717) is 12.8 Å². The Kier molecular flexibility index (Phi) is 8.00. The lowest BCUT2D eigenvalue weighted by molar-refractivity contribution is -0.543. The lowest BCUT2D eigenvalue weighted by Gasteiger charge is -2.60. The Morgan fingerprint density at radius 2 is 1.37 bits per heavy atom. The maximum Gasteiger partial charge on any atom is 0.433 e. The summed E-state index contributed by atoms with van der Waals surface area (Å²) in [5.74, 6) is -2.83. The maximum atomic E-state index is 14.4. The van der Waals surface area contributed by atoms with E-state index in [0.717, 1.165) is 43.5 Å². The minimum atomic E-state index is -4.98. The van der Waals surface area contributed by atoms with Crippen molar-refractivity contribution in [2.24, 2.45) is 5.92 Å². The number of hydrogen-bond donors (Lipinski definition) is 1. The van der Waals surface area contributed by atoms with Gasteiger partial charge in [-0.1, -0.05) is 115 Å². The predicted octanol–water partition coefficient (Wildman–Crippen LogP) is 6.27. The molecular formula is C42H34F3N3O3-2. The van der Waals surface area contributed by atoms with E-state index in [1.54, 1.807) is 24.3 Å². The van der Waals surface area contributed by atoms with Crippen LogP contribution in [0.25, 0.3) is 16.5 Å². The minimum absolute atomic E-state index is 0.173. The molecule has 8 rings (SSSR count). The third-order valence-electron chi connectivity index (χ3n) is 10.7. The van der Waals surface area contributed by atoms with E-state index in [4.69, 9.17) is 0 Å². The van der Waals surface area contributed by atoms with Crippen LogP contribution in [0.15, 0.2) is 144 Å². The molecule has 3 atom stereocenters. The van der Waals surface area contributed by atoms with Gasteiger partial charge in [0.15, 0.2) is 0 Å². The number of fused-ring (bicyclic) bond motifs is 2. The first kappa shape index (κ1) is 32.8. The van der Waals surface area contributed by atoms with Gasteiger partial charge in [-0.2, -0.15) is 13.2 Å². The van der Waals surface area contributed by atoms with Crippen molar-refractivity contribution in [3.63, 3.8) is 0 Å². The second-order valence-corrected chi connectivity index (χ2v) is 13.6. The van der Waals surface area contributed by atoms with Crippen LogP contribution in [0, 0.1) is 5.92 Å². The Hall–Kier alpha value is -5.38. The van der Waals surface area contributed by atoms with E-state index in [1.807, 2.05) is 60.5 Å². The fraction of sp³-hybridized carbons (Fsp3) is 0.214. The molecule has 1 aliphatic heterocycles. The number of aromatic nitrogens is 2. The number of hydrogen-bond acceptors (Lipinski definition) is 4. The van der Waals surface area contributed by atoms with E-state index in [9.17, 15) is 28.2 Å². The molecule has 0 saturated heterocycles. The topological polar surface area (TPSA) is 87.2 Å². The van der Waals surface area contributed by atoms with Crippen molar-refractivity contribution in [2.75, 3.05) is 11.9 Å². The summed E-state index contributed by atoms with van der Waals surface area (Å²) in [6, 6.07) is 40.3. The summed E-state index contributed by atoms with van der Waals surface area (Å²) in [7, 11) is 1.90. The van der Waals surface area contributed by atoms with Crippen molar-refractivity contribution in [3.05, 3.63) is 177 Å². The average molecular weight is 686 g/mol. The molecule has 1 saturated carbocycles. The standard InChI is InChI=1S/C42H34F3N3O3/c1-47-33-19-11-10-18-32(33)41(24-26-12-4-2-5-13-26,25-27-20-21-28-14-8-9-15-29(28)22-27)34(47)23-31-37(49)35(38(31)50)36-39(42(43,44)45)46-48(40(36)51)30-16-6-3-7-17-30/h2-23,31,35,37-38,46H,24-25H2,1H3/q-2. The summed E-state index contributed by atoms with van der Waals surface area (Å²) in [4.78, 5) is 15.6. The first-order valence-electron chi connectivity index (χ1n) is 16.9. The number of halogens is 3.